The van der Waals surface area contributed by atoms with E-state index in [2.05, 4.69) is 41.4 Å². The van der Waals surface area contributed by atoms with E-state index in [4.69, 9.17) is 4.99 Å². The summed E-state index contributed by atoms with van der Waals surface area (Å²) in [4.78, 5) is 20.5. The van der Waals surface area contributed by atoms with Crippen LogP contribution in [0.25, 0.3) is 0 Å². The van der Waals surface area contributed by atoms with Gasteiger partial charge in [-0.1, -0.05) is 60.2 Å². The Bertz CT molecular complexity index is 890. The molecule has 3 atom stereocenters. The number of benzene rings is 2. The number of hydrogen-bond acceptors (Lipinski definition) is 3. The van der Waals surface area contributed by atoms with Crippen molar-refractivity contribution in [3.05, 3.63) is 71.3 Å². The summed E-state index contributed by atoms with van der Waals surface area (Å²) in [7, 11) is 0. The number of aliphatic imine (C=N–C) groups is 1. The highest BCUT2D eigenvalue weighted by atomic mass is 16.2. The zero-order valence-electron chi connectivity index (χ0n) is 15.7. The van der Waals surface area contributed by atoms with Crippen molar-refractivity contribution in [2.45, 2.75) is 31.8 Å². The molecule has 1 N–H and O–H groups in total. The molecule has 2 aliphatic heterocycles. The van der Waals surface area contributed by atoms with Crippen molar-refractivity contribution in [1.82, 2.24) is 10.2 Å². The predicted octanol–water partition coefficient (Wildman–Crippen LogP) is 3.15. The summed E-state index contributed by atoms with van der Waals surface area (Å²) < 4.78 is 0. The van der Waals surface area contributed by atoms with E-state index in [0.29, 0.717) is 11.8 Å². The van der Waals surface area contributed by atoms with Crippen molar-refractivity contribution in [1.29, 1.82) is 0 Å². The van der Waals surface area contributed by atoms with Crippen molar-refractivity contribution in [3.8, 4) is 0 Å². The average molecular weight is 359 g/mol. The minimum atomic E-state index is -0.558. The van der Waals surface area contributed by atoms with Gasteiger partial charge in [-0.25, -0.2) is 0 Å². The Morgan fingerprint density at radius 2 is 1.89 bits per heavy atom. The van der Waals surface area contributed by atoms with Gasteiger partial charge in [0.25, 0.3) is 5.91 Å². The molecule has 0 radical (unpaired) electrons. The monoisotopic (exact) mass is 359 g/mol. The molecule has 0 unspecified atom stereocenters. The Labute approximate surface area is 160 Å². The van der Waals surface area contributed by atoms with Crippen molar-refractivity contribution >= 4 is 11.7 Å². The van der Waals surface area contributed by atoms with Gasteiger partial charge in [0.15, 0.2) is 0 Å². The number of nitrogens with one attached hydrogen (secondary N) is 1. The molecule has 4 heteroatoms. The van der Waals surface area contributed by atoms with Gasteiger partial charge in [0.05, 0.1) is 0 Å². The molecule has 2 aromatic rings. The number of rotatable bonds is 3. The highest BCUT2D eigenvalue weighted by Crippen LogP contribution is 2.49. The van der Waals surface area contributed by atoms with E-state index in [1.165, 1.54) is 11.1 Å². The van der Waals surface area contributed by atoms with Crippen molar-refractivity contribution in [3.63, 3.8) is 0 Å². The van der Waals surface area contributed by atoms with Crippen molar-refractivity contribution in [2.24, 2.45) is 16.8 Å². The maximum Gasteiger partial charge on any atom is 0.253 e. The van der Waals surface area contributed by atoms with Gasteiger partial charge >= 0.3 is 0 Å². The van der Waals surface area contributed by atoms with Gasteiger partial charge in [0, 0.05) is 31.1 Å². The Hall–Kier alpha value is -2.46. The van der Waals surface area contributed by atoms with Crippen LogP contribution >= 0.6 is 0 Å². The second kappa shape index (κ2) is 6.31. The molecule has 1 saturated carbocycles. The molecule has 2 heterocycles. The molecule has 3 aliphatic rings. The van der Waals surface area contributed by atoms with E-state index >= 15 is 0 Å². The molecule has 2 aromatic carbocycles. The van der Waals surface area contributed by atoms with Gasteiger partial charge < -0.3 is 5.32 Å². The van der Waals surface area contributed by atoms with E-state index in [9.17, 15) is 4.79 Å². The highest BCUT2D eigenvalue weighted by molar-refractivity contribution is 6.15. The summed E-state index contributed by atoms with van der Waals surface area (Å²) in [5.74, 6) is 1.74. The molecule has 138 valence electrons. The average Bonchev–Trinajstić information content (AvgIpc) is 3.34. The lowest BCUT2D eigenvalue weighted by molar-refractivity contribution is -0.125. The van der Waals surface area contributed by atoms with E-state index in [1.54, 1.807) is 0 Å². The molecule has 5 rings (SSSR count). The summed E-state index contributed by atoms with van der Waals surface area (Å²) in [6.07, 6.45) is 1.97. The van der Waals surface area contributed by atoms with Crippen molar-refractivity contribution in [2.75, 3.05) is 13.1 Å². The first-order chi connectivity index (χ1) is 13.1. The van der Waals surface area contributed by atoms with Crippen LogP contribution in [-0.2, 0) is 11.3 Å². The van der Waals surface area contributed by atoms with E-state index in [1.807, 2.05) is 30.3 Å². The lowest BCUT2D eigenvalue weighted by atomic mass is 9.85. The van der Waals surface area contributed by atoms with Crippen LogP contribution in [0.2, 0.25) is 0 Å². The van der Waals surface area contributed by atoms with Crippen LogP contribution in [0.5, 0.6) is 0 Å². The Balaban J connectivity index is 1.37. The number of amides is 1. The van der Waals surface area contributed by atoms with Crippen LogP contribution in [0.15, 0.2) is 59.6 Å². The van der Waals surface area contributed by atoms with E-state index in [0.717, 1.165) is 43.9 Å². The molecule has 1 amide bonds. The van der Waals surface area contributed by atoms with Crippen LogP contribution in [-0.4, -0.2) is 35.3 Å². The number of hydrogen-bond donors (Lipinski definition) is 1. The van der Waals surface area contributed by atoms with Crippen LogP contribution < -0.4 is 5.32 Å². The quantitative estimate of drug-likeness (QED) is 0.915. The summed E-state index contributed by atoms with van der Waals surface area (Å²) in [5, 5.41) is 3.08. The molecule has 0 aromatic heterocycles. The summed E-state index contributed by atoms with van der Waals surface area (Å²) in [6, 6.07) is 18.8. The fourth-order valence-corrected chi connectivity index (χ4v) is 5.11. The normalized spacial score (nSPS) is 29.8. The molecule has 27 heavy (non-hydrogen) atoms. The maximum atomic E-state index is 13.0. The second-order valence-corrected chi connectivity index (χ2v) is 8.29. The number of amidine groups is 1. The standard InChI is InChI=1S/C23H25N3O/c1-16-7-9-17(10-8-16)13-26-14-19-11-12-23(20(19)15-26)22(27)24-21(25-23)18-5-3-2-4-6-18/h2-10,19-20H,11-15H2,1H3,(H,24,25,27)/t19-,20+,23-/m1/s1. The van der Waals surface area contributed by atoms with Gasteiger partial charge in [0.2, 0.25) is 0 Å². The first-order valence-electron chi connectivity index (χ1n) is 9.89. The zero-order valence-corrected chi connectivity index (χ0v) is 15.7. The first kappa shape index (κ1) is 16.7. The highest BCUT2D eigenvalue weighted by Gasteiger charge is 2.59. The topological polar surface area (TPSA) is 44.7 Å². The van der Waals surface area contributed by atoms with E-state index < -0.39 is 5.54 Å². The fraction of sp³-hybridized carbons (Fsp3) is 0.391. The minimum absolute atomic E-state index is 0.103. The number of fused-ring (bicyclic) bond motifs is 2. The maximum absolute atomic E-state index is 13.0. The second-order valence-electron chi connectivity index (χ2n) is 8.29. The largest absolute Gasteiger partial charge is 0.308 e. The third kappa shape index (κ3) is 2.79. The summed E-state index contributed by atoms with van der Waals surface area (Å²) in [6.45, 7) is 5.11. The molecule has 1 spiro atoms. The van der Waals surface area contributed by atoms with E-state index in [-0.39, 0.29) is 5.91 Å². The minimum Gasteiger partial charge on any atom is -0.308 e. The molecular formula is C23H25N3O. The number of likely N-dealkylation sites (tertiary alicyclic amines) is 1. The summed E-state index contributed by atoms with van der Waals surface area (Å²) in [5.41, 5.74) is 3.08. The Morgan fingerprint density at radius 3 is 2.67 bits per heavy atom. The number of carbonyl (C=O) groups excluding carboxylic acids is 1. The predicted molar refractivity (Wildman–Crippen MR) is 107 cm³/mol. The molecule has 0 bridgehead atoms. The van der Waals surface area contributed by atoms with Crippen LogP contribution in [0.4, 0.5) is 0 Å². The SMILES string of the molecule is Cc1ccc(CN2C[C@H]3CC[C@@]4(N=C(c5ccccc5)NC4=O)[C@H]3C2)cc1. The van der Waals surface area contributed by atoms with Gasteiger partial charge in [-0.2, -0.15) is 0 Å². The summed E-state index contributed by atoms with van der Waals surface area (Å²) >= 11 is 0. The molecule has 1 aliphatic carbocycles. The van der Waals surface area contributed by atoms with Gasteiger partial charge in [0.1, 0.15) is 11.4 Å². The molecule has 2 fully saturated rings. The third-order valence-electron chi connectivity index (χ3n) is 6.54. The van der Waals surface area contributed by atoms with Gasteiger partial charge in [-0.15, -0.1) is 0 Å². The fourth-order valence-electron chi connectivity index (χ4n) is 5.11. The number of nitrogens with zero attached hydrogens (tertiary/aromatic N) is 2. The van der Waals surface area contributed by atoms with Gasteiger partial charge in [-0.05, 0) is 31.2 Å². The molecular weight excluding hydrogens is 334 g/mol. The number of carbonyl (C=O) groups is 1. The Morgan fingerprint density at radius 1 is 1.11 bits per heavy atom. The number of aryl methyl sites for hydroxylation is 1. The third-order valence-corrected chi connectivity index (χ3v) is 6.54. The van der Waals surface area contributed by atoms with Crippen LogP contribution in [0, 0.1) is 18.8 Å². The Kier molecular flexibility index (Phi) is 3.90. The van der Waals surface area contributed by atoms with Gasteiger partial charge in [-0.3, -0.25) is 14.7 Å². The molecule has 4 nitrogen and oxygen atoms in total. The lowest BCUT2D eigenvalue weighted by Crippen LogP contribution is -2.44. The van der Waals surface area contributed by atoms with Crippen LogP contribution in [0.1, 0.15) is 29.5 Å². The molecule has 1 saturated heterocycles. The zero-order chi connectivity index (χ0) is 18.4. The first-order valence-corrected chi connectivity index (χ1v) is 9.89. The smallest absolute Gasteiger partial charge is 0.253 e. The van der Waals surface area contributed by atoms with Crippen molar-refractivity contribution < 1.29 is 4.79 Å². The van der Waals surface area contributed by atoms with Crippen LogP contribution in [0.3, 0.4) is 0 Å². The lowest BCUT2D eigenvalue weighted by Gasteiger charge is -2.25.